The van der Waals surface area contributed by atoms with Gasteiger partial charge < -0.3 is 19.7 Å². The van der Waals surface area contributed by atoms with Crippen molar-refractivity contribution in [2.24, 2.45) is 17.3 Å². The molecule has 2 aliphatic heterocycles. The molecule has 1 aromatic heterocycles. The lowest BCUT2D eigenvalue weighted by molar-refractivity contribution is -0.141. The molecule has 222 valence electrons. The molecule has 9 nitrogen and oxygen atoms in total. The second-order valence-corrected chi connectivity index (χ2v) is 12.9. The Morgan fingerprint density at radius 3 is 2.59 bits per heavy atom. The van der Waals surface area contributed by atoms with Crippen LogP contribution in [0.15, 0.2) is 18.2 Å². The Hall–Kier alpha value is -3.30. The fourth-order valence-electron chi connectivity index (χ4n) is 6.33. The van der Waals surface area contributed by atoms with Gasteiger partial charge in [-0.15, -0.1) is 0 Å². The van der Waals surface area contributed by atoms with Gasteiger partial charge in [-0.1, -0.05) is 40.5 Å². The molecule has 6 atom stereocenters. The molecule has 3 aliphatic rings. The quantitative estimate of drug-likeness (QED) is 0.544. The van der Waals surface area contributed by atoms with Gasteiger partial charge >= 0.3 is 6.09 Å². The zero-order valence-corrected chi connectivity index (χ0v) is 24.6. The van der Waals surface area contributed by atoms with Gasteiger partial charge in [-0.25, -0.2) is 19.2 Å². The minimum Gasteiger partial charge on any atom is -0.471 e. The molecule has 1 N–H and O–H groups in total. The van der Waals surface area contributed by atoms with Crippen molar-refractivity contribution in [1.29, 1.82) is 0 Å². The van der Waals surface area contributed by atoms with Crippen molar-refractivity contribution in [3.63, 3.8) is 0 Å². The summed E-state index contributed by atoms with van der Waals surface area (Å²) in [5.41, 5.74) is 1.04. The van der Waals surface area contributed by atoms with Gasteiger partial charge in [-0.05, 0) is 62.5 Å². The number of benzene rings is 1. The van der Waals surface area contributed by atoms with Gasteiger partial charge in [0.25, 0.3) is 0 Å². The fraction of sp³-hybridized carbons (Fsp3) is 0.645. The Morgan fingerprint density at radius 1 is 1.10 bits per heavy atom. The smallest absolute Gasteiger partial charge is 0.408 e. The van der Waals surface area contributed by atoms with E-state index in [0.717, 1.165) is 32.1 Å². The third kappa shape index (κ3) is 6.31. The van der Waals surface area contributed by atoms with E-state index in [1.807, 2.05) is 27.7 Å². The number of nitrogens with zero attached hydrogens (tertiary/aromatic N) is 3. The van der Waals surface area contributed by atoms with Crippen LogP contribution in [-0.4, -0.2) is 63.5 Å². The number of Topliss-reactive ketones (excluding diaryl/α,β-unsaturated/α-hetero) is 1. The van der Waals surface area contributed by atoms with Gasteiger partial charge in [0.2, 0.25) is 11.8 Å². The number of nitrogens with one attached hydrogen (secondary N) is 1. The van der Waals surface area contributed by atoms with E-state index in [0.29, 0.717) is 41.4 Å². The van der Waals surface area contributed by atoms with E-state index in [9.17, 15) is 18.8 Å². The van der Waals surface area contributed by atoms with Crippen LogP contribution in [-0.2, 0) is 20.7 Å². The first-order valence-electron chi connectivity index (χ1n) is 14.9. The van der Waals surface area contributed by atoms with Gasteiger partial charge in [0.15, 0.2) is 5.78 Å². The SMILES string of the molecule is CC[C@@H]1[C@@H]2CN(C(=O)[C@H](C(C)(C)C)NC(=O)O[C@@H]3C[C@H]3CCCCCc3nc4ccc(F)cc4nc3O2)[C@@H]1C(C)=O. The molecule has 0 unspecified atom stereocenters. The molecule has 2 bridgehead atoms. The summed E-state index contributed by atoms with van der Waals surface area (Å²) in [5, 5.41) is 2.82. The monoisotopic (exact) mass is 568 g/mol. The number of ketones is 1. The minimum atomic E-state index is -0.900. The van der Waals surface area contributed by atoms with Crippen LogP contribution < -0.4 is 10.1 Å². The number of amides is 2. The molecule has 1 aliphatic carbocycles. The van der Waals surface area contributed by atoms with Crippen LogP contribution in [0.5, 0.6) is 5.88 Å². The highest BCUT2D eigenvalue weighted by Crippen LogP contribution is 2.39. The average Bonchev–Trinajstić information content (AvgIpc) is 3.52. The Bertz CT molecular complexity index is 1330. The van der Waals surface area contributed by atoms with Crippen LogP contribution in [0.25, 0.3) is 11.0 Å². The Morgan fingerprint density at radius 2 is 1.88 bits per heavy atom. The molecule has 1 saturated carbocycles. The van der Waals surface area contributed by atoms with Crippen LogP contribution in [0.1, 0.15) is 78.8 Å². The number of ether oxygens (including phenoxy) is 2. The van der Waals surface area contributed by atoms with E-state index >= 15 is 0 Å². The van der Waals surface area contributed by atoms with Crippen molar-refractivity contribution in [2.75, 3.05) is 6.54 Å². The predicted octanol–water partition coefficient (Wildman–Crippen LogP) is 4.99. The number of aromatic nitrogens is 2. The summed E-state index contributed by atoms with van der Waals surface area (Å²) in [6.45, 7) is 9.23. The minimum absolute atomic E-state index is 0.137. The molecule has 1 aromatic carbocycles. The van der Waals surface area contributed by atoms with Crippen LogP contribution >= 0.6 is 0 Å². The Kier molecular flexibility index (Phi) is 8.21. The molecule has 0 radical (unpaired) electrons. The van der Waals surface area contributed by atoms with Crippen molar-refractivity contribution in [2.45, 2.75) is 104 Å². The predicted molar refractivity (Wildman–Crippen MR) is 151 cm³/mol. The molecule has 1 saturated heterocycles. The zero-order valence-electron chi connectivity index (χ0n) is 24.6. The lowest BCUT2D eigenvalue weighted by Crippen LogP contribution is -2.57. The summed E-state index contributed by atoms with van der Waals surface area (Å²) in [4.78, 5) is 51.0. The first kappa shape index (κ1) is 29.2. The number of alkyl carbamates (subject to hydrolysis) is 1. The van der Waals surface area contributed by atoms with Crippen LogP contribution in [0, 0.1) is 23.1 Å². The highest BCUT2D eigenvalue weighted by molar-refractivity contribution is 5.92. The van der Waals surface area contributed by atoms with Crippen molar-refractivity contribution in [3.8, 4) is 5.88 Å². The molecular weight excluding hydrogens is 527 g/mol. The molecule has 3 heterocycles. The van der Waals surface area contributed by atoms with Crippen molar-refractivity contribution in [1.82, 2.24) is 20.2 Å². The third-order valence-corrected chi connectivity index (χ3v) is 8.67. The van der Waals surface area contributed by atoms with E-state index in [-0.39, 0.29) is 30.3 Å². The maximum Gasteiger partial charge on any atom is 0.408 e. The number of carbonyl (C=O) groups excluding carboxylic acids is 3. The average molecular weight is 569 g/mol. The number of aryl methyl sites for hydroxylation is 1. The van der Waals surface area contributed by atoms with Crippen molar-refractivity contribution in [3.05, 3.63) is 29.7 Å². The summed E-state index contributed by atoms with van der Waals surface area (Å²) in [7, 11) is 0. The second-order valence-electron chi connectivity index (χ2n) is 12.9. The summed E-state index contributed by atoms with van der Waals surface area (Å²) in [6.07, 6.45) is 4.56. The topological polar surface area (TPSA) is 111 Å². The molecule has 2 fully saturated rings. The molecule has 2 amide bonds. The van der Waals surface area contributed by atoms with Crippen molar-refractivity contribution < 1.29 is 28.2 Å². The molecular formula is C31H41FN4O5. The number of rotatable bonds is 2. The second kappa shape index (κ2) is 11.5. The first-order valence-corrected chi connectivity index (χ1v) is 14.9. The first-order chi connectivity index (χ1) is 19.5. The maximum atomic E-state index is 14.1. The summed E-state index contributed by atoms with van der Waals surface area (Å²) in [6, 6.07) is 2.71. The largest absolute Gasteiger partial charge is 0.471 e. The van der Waals surface area contributed by atoms with E-state index in [2.05, 4.69) is 10.3 Å². The van der Waals surface area contributed by atoms with Crippen LogP contribution in [0.4, 0.5) is 9.18 Å². The summed E-state index contributed by atoms with van der Waals surface area (Å²) < 4.78 is 26.3. The highest BCUT2D eigenvalue weighted by Gasteiger charge is 2.50. The fourth-order valence-corrected chi connectivity index (χ4v) is 6.33. The number of hydrogen-bond acceptors (Lipinski definition) is 7. The van der Waals surface area contributed by atoms with Gasteiger partial charge in [0.05, 0.1) is 23.6 Å². The van der Waals surface area contributed by atoms with Crippen LogP contribution in [0.3, 0.4) is 0 Å². The molecule has 0 spiro atoms. The van der Waals surface area contributed by atoms with Crippen LogP contribution in [0.2, 0.25) is 0 Å². The standard InChI is InChI=1S/C31H41FN4O5/c1-6-20-25-16-36(26(20)17(2)37)29(38)27(31(3,4)5)35-30(39)41-24-14-18(24)10-8-7-9-11-22-28(40-25)34-23-15-19(32)12-13-21(23)33-22/h12-13,15,18,20,24-27H,6-11,14,16H2,1-5H3,(H,35,39)/t18-,20-,24-,25+,26-,27-/m1/s1. The molecule has 5 rings (SSSR count). The summed E-state index contributed by atoms with van der Waals surface area (Å²) >= 11 is 0. The Balaban J connectivity index is 1.53. The van der Waals surface area contributed by atoms with Gasteiger partial charge in [0, 0.05) is 12.0 Å². The number of hydrogen-bond donors (Lipinski definition) is 1. The molecule has 41 heavy (non-hydrogen) atoms. The molecule has 2 aromatic rings. The number of halogens is 1. The normalized spacial score (nSPS) is 29.4. The van der Waals surface area contributed by atoms with E-state index in [1.165, 1.54) is 19.1 Å². The lowest BCUT2D eigenvalue weighted by Gasteiger charge is -2.35. The van der Waals surface area contributed by atoms with Gasteiger partial charge in [-0.2, -0.15) is 0 Å². The number of carbonyl (C=O) groups is 3. The maximum absolute atomic E-state index is 14.1. The van der Waals surface area contributed by atoms with E-state index < -0.39 is 35.5 Å². The number of fused-ring (bicyclic) bond motifs is 5. The third-order valence-electron chi connectivity index (χ3n) is 8.67. The van der Waals surface area contributed by atoms with Gasteiger partial charge in [-0.3, -0.25) is 9.59 Å². The highest BCUT2D eigenvalue weighted by atomic mass is 19.1. The van der Waals surface area contributed by atoms with Crippen molar-refractivity contribution >= 4 is 28.8 Å². The van der Waals surface area contributed by atoms with Gasteiger partial charge in [0.1, 0.15) is 29.8 Å². The van der Waals surface area contributed by atoms with E-state index in [4.69, 9.17) is 14.5 Å². The zero-order chi connectivity index (χ0) is 29.5. The lowest BCUT2D eigenvalue weighted by atomic mass is 9.85. The molecule has 10 heteroatoms. The Labute approximate surface area is 240 Å². The van der Waals surface area contributed by atoms with E-state index in [1.54, 1.807) is 11.0 Å². The summed E-state index contributed by atoms with van der Waals surface area (Å²) in [5.74, 6) is -0.559.